The molecule has 0 aliphatic carbocycles. The summed E-state index contributed by atoms with van der Waals surface area (Å²) in [6.07, 6.45) is -4.98. The Hall–Kier alpha value is -1.33. The lowest BCUT2D eigenvalue weighted by Gasteiger charge is -2.10. The van der Waals surface area contributed by atoms with Crippen LogP contribution < -0.4 is 9.47 Å². The van der Waals surface area contributed by atoms with Gasteiger partial charge in [-0.05, 0) is 22.6 Å². The van der Waals surface area contributed by atoms with E-state index in [4.69, 9.17) is 0 Å². The number of alkyl halides is 3. The van der Waals surface area contributed by atoms with Gasteiger partial charge in [-0.1, -0.05) is 0 Å². The highest BCUT2D eigenvalue weighted by Crippen LogP contribution is 2.34. The molecular weight excluding hydrogens is 360 g/mol. The van der Waals surface area contributed by atoms with E-state index in [9.17, 15) is 23.3 Å². The molecule has 6 nitrogen and oxygen atoms in total. The van der Waals surface area contributed by atoms with Gasteiger partial charge in [0.05, 0.1) is 18.1 Å². The predicted octanol–water partition coefficient (Wildman–Crippen LogP) is 2.50. The molecule has 0 fully saturated rings. The molecule has 17 heavy (non-hydrogen) atoms. The Balaban J connectivity index is 3.29. The van der Waals surface area contributed by atoms with E-state index < -0.39 is 22.9 Å². The minimum Gasteiger partial charge on any atom is -0.481 e. The average Bonchev–Trinajstić information content (AvgIpc) is 2.18. The van der Waals surface area contributed by atoms with Gasteiger partial charge in [0.2, 0.25) is 11.8 Å². The maximum atomic E-state index is 12.0. The summed E-state index contributed by atoms with van der Waals surface area (Å²) in [5.74, 6) is -1.25. The van der Waals surface area contributed by atoms with Crippen molar-refractivity contribution >= 4 is 28.3 Å². The molecule has 0 radical (unpaired) electrons. The van der Waals surface area contributed by atoms with Gasteiger partial charge in [-0.2, -0.15) is 4.98 Å². The van der Waals surface area contributed by atoms with Gasteiger partial charge in [0.1, 0.15) is 0 Å². The van der Waals surface area contributed by atoms with E-state index in [1.807, 2.05) is 0 Å². The number of ether oxygens (including phenoxy) is 2. The van der Waals surface area contributed by atoms with E-state index in [1.165, 1.54) is 22.6 Å². The molecule has 0 spiro atoms. The van der Waals surface area contributed by atoms with Crippen molar-refractivity contribution in [3.05, 3.63) is 19.8 Å². The summed E-state index contributed by atoms with van der Waals surface area (Å²) in [5.41, 5.74) is -0.572. The quantitative estimate of drug-likeness (QED) is 0.468. The SMILES string of the molecule is COc1cc([N+](=O)[O-])c(I)c(OC(F)(F)F)n1. The van der Waals surface area contributed by atoms with E-state index >= 15 is 0 Å². The summed E-state index contributed by atoms with van der Waals surface area (Å²) in [4.78, 5) is 13.1. The Bertz CT molecular complexity index is 451. The second kappa shape index (κ2) is 4.89. The Labute approximate surface area is 106 Å². The van der Waals surface area contributed by atoms with Crippen molar-refractivity contribution in [2.75, 3.05) is 7.11 Å². The van der Waals surface area contributed by atoms with Crippen molar-refractivity contribution in [3.63, 3.8) is 0 Å². The van der Waals surface area contributed by atoms with Crippen LogP contribution in [-0.4, -0.2) is 23.4 Å². The van der Waals surface area contributed by atoms with E-state index in [2.05, 4.69) is 14.5 Å². The number of halogens is 4. The highest BCUT2D eigenvalue weighted by atomic mass is 127. The zero-order valence-corrected chi connectivity index (χ0v) is 10.3. The Morgan fingerprint density at radius 2 is 2.12 bits per heavy atom. The van der Waals surface area contributed by atoms with Crippen LogP contribution in [0, 0.1) is 13.7 Å². The lowest BCUT2D eigenvalue weighted by atomic mass is 10.4. The number of hydrogen-bond donors (Lipinski definition) is 0. The lowest BCUT2D eigenvalue weighted by Crippen LogP contribution is -2.19. The number of methoxy groups -OCH3 is 1. The fraction of sp³-hybridized carbons (Fsp3) is 0.286. The van der Waals surface area contributed by atoms with Crippen LogP contribution in [0.2, 0.25) is 0 Å². The second-order valence-corrected chi connectivity index (χ2v) is 3.69. The molecular formula is C7H4F3IN2O4. The summed E-state index contributed by atoms with van der Waals surface area (Å²) >= 11 is 1.34. The van der Waals surface area contributed by atoms with E-state index in [1.54, 1.807) is 0 Å². The molecule has 0 bridgehead atoms. The average molecular weight is 364 g/mol. The van der Waals surface area contributed by atoms with Crippen LogP contribution in [0.15, 0.2) is 6.07 Å². The van der Waals surface area contributed by atoms with Crippen LogP contribution in [0.5, 0.6) is 11.8 Å². The minimum absolute atomic E-state index is 0.337. The summed E-state index contributed by atoms with van der Waals surface area (Å²) in [7, 11) is 1.12. The highest BCUT2D eigenvalue weighted by molar-refractivity contribution is 14.1. The molecule has 0 aliphatic heterocycles. The predicted molar refractivity (Wildman–Crippen MR) is 56.8 cm³/mol. The molecule has 0 atom stereocenters. The molecule has 1 aromatic heterocycles. The molecule has 0 N–H and O–H groups in total. The number of nitro groups is 1. The van der Waals surface area contributed by atoms with E-state index in [0.717, 1.165) is 13.2 Å². The number of hydrogen-bond acceptors (Lipinski definition) is 5. The first-order valence-corrected chi connectivity index (χ1v) is 4.97. The monoisotopic (exact) mass is 364 g/mol. The first-order valence-electron chi connectivity index (χ1n) is 3.89. The van der Waals surface area contributed by atoms with Gasteiger partial charge in [-0.15, -0.1) is 13.2 Å². The molecule has 0 aromatic carbocycles. The molecule has 0 aliphatic rings. The standard InChI is InChI=1S/C7H4F3IN2O4/c1-16-4-2-3(13(14)15)5(11)6(12-4)17-7(8,9)10/h2H,1H3. The lowest BCUT2D eigenvalue weighted by molar-refractivity contribution is -0.386. The maximum Gasteiger partial charge on any atom is 0.574 e. The van der Waals surface area contributed by atoms with Gasteiger partial charge in [0.25, 0.3) is 5.69 Å². The van der Waals surface area contributed by atoms with Crippen LogP contribution in [0.3, 0.4) is 0 Å². The molecule has 0 saturated carbocycles. The molecule has 1 aromatic rings. The van der Waals surface area contributed by atoms with Gasteiger partial charge in [0, 0.05) is 0 Å². The smallest absolute Gasteiger partial charge is 0.481 e. The third-order valence-electron chi connectivity index (χ3n) is 1.50. The van der Waals surface area contributed by atoms with Gasteiger partial charge in [-0.3, -0.25) is 10.1 Å². The van der Waals surface area contributed by atoms with Gasteiger partial charge in [0.15, 0.2) is 3.57 Å². The summed E-state index contributed by atoms with van der Waals surface area (Å²) in [5, 5.41) is 10.6. The third-order valence-corrected chi connectivity index (χ3v) is 2.52. The Morgan fingerprint density at radius 3 is 2.53 bits per heavy atom. The normalized spacial score (nSPS) is 11.1. The van der Waals surface area contributed by atoms with Crippen molar-refractivity contribution in [2.45, 2.75) is 6.36 Å². The fourth-order valence-electron chi connectivity index (χ4n) is 0.886. The Kier molecular flexibility index (Phi) is 3.95. The molecule has 0 unspecified atom stereocenters. The van der Waals surface area contributed by atoms with Crippen molar-refractivity contribution < 1.29 is 27.6 Å². The van der Waals surface area contributed by atoms with Gasteiger partial charge in [-0.25, -0.2) is 0 Å². The summed E-state index contributed by atoms with van der Waals surface area (Å²) in [6.45, 7) is 0. The number of aromatic nitrogens is 1. The zero-order chi connectivity index (χ0) is 13.2. The molecule has 1 rings (SSSR count). The van der Waals surface area contributed by atoms with Gasteiger partial charge >= 0.3 is 6.36 Å². The van der Waals surface area contributed by atoms with E-state index in [-0.39, 0.29) is 9.45 Å². The number of pyridine rings is 1. The number of nitrogens with zero attached hydrogens (tertiary/aromatic N) is 2. The number of rotatable bonds is 3. The van der Waals surface area contributed by atoms with Crippen molar-refractivity contribution in [3.8, 4) is 11.8 Å². The molecule has 94 valence electrons. The summed E-state index contributed by atoms with van der Waals surface area (Å²) < 4.78 is 43.8. The topological polar surface area (TPSA) is 74.5 Å². The van der Waals surface area contributed by atoms with Crippen molar-refractivity contribution in [1.29, 1.82) is 0 Å². The first-order chi connectivity index (χ1) is 7.74. The third kappa shape index (κ3) is 3.57. The van der Waals surface area contributed by atoms with Crippen LogP contribution in [0.1, 0.15) is 0 Å². The second-order valence-electron chi connectivity index (χ2n) is 2.61. The minimum atomic E-state index is -4.98. The molecule has 0 amide bonds. The van der Waals surface area contributed by atoms with Crippen LogP contribution in [-0.2, 0) is 0 Å². The first kappa shape index (κ1) is 13.7. The highest BCUT2D eigenvalue weighted by Gasteiger charge is 2.35. The van der Waals surface area contributed by atoms with Crippen LogP contribution in [0.25, 0.3) is 0 Å². The van der Waals surface area contributed by atoms with Crippen LogP contribution >= 0.6 is 22.6 Å². The molecule has 10 heteroatoms. The van der Waals surface area contributed by atoms with Gasteiger partial charge < -0.3 is 9.47 Å². The van der Waals surface area contributed by atoms with E-state index in [0.29, 0.717) is 0 Å². The Morgan fingerprint density at radius 1 is 1.53 bits per heavy atom. The molecule has 1 heterocycles. The fourth-order valence-corrected chi connectivity index (χ4v) is 1.47. The summed E-state index contributed by atoms with van der Waals surface area (Å²) in [6, 6.07) is 0.908. The zero-order valence-electron chi connectivity index (χ0n) is 8.12. The van der Waals surface area contributed by atoms with Crippen molar-refractivity contribution in [2.24, 2.45) is 0 Å². The van der Waals surface area contributed by atoms with Crippen LogP contribution in [0.4, 0.5) is 18.9 Å². The largest absolute Gasteiger partial charge is 0.574 e. The van der Waals surface area contributed by atoms with Crippen molar-refractivity contribution in [1.82, 2.24) is 4.98 Å². The maximum absolute atomic E-state index is 12.0. The molecule has 0 saturated heterocycles.